The molecule has 0 aliphatic rings. The SMILES string of the molecule is CCOC(=O)C(C)(N)CCCSc1ccc(C)cc1. The van der Waals surface area contributed by atoms with Gasteiger partial charge in [-0.25, -0.2) is 0 Å². The summed E-state index contributed by atoms with van der Waals surface area (Å²) in [7, 11) is 0. The van der Waals surface area contributed by atoms with Gasteiger partial charge in [-0.1, -0.05) is 17.7 Å². The molecule has 0 aliphatic heterocycles. The fourth-order valence-electron chi connectivity index (χ4n) is 1.66. The Morgan fingerprint density at radius 2 is 2.00 bits per heavy atom. The zero-order valence-corrected chi connectivity index (χ0v) is 12.8. The third-order valence-corrected chi connectivity index (χ3v) is 3.97. The molecular formula is C15H23NO2S. The van der Waals surface area contributed by atoms with Gasteiger partial charge in [0.1, 0.15) is 5.54 Å². The monoisotopic (exact) mass is 281 g/mol. The van der Waals surface area contributed by atoms with Gasteiger partial charge in [0.2, 0.25) is 0 Å². The summed E-state index contributed by atoms with van der Waals surface area (Å²) in [5, 5.41) is 0. The second kappa shape index (κ2) is 7.56. The Labute approximate surface area is 119 Å². The van der Waals surface area contributed by atoms with E-state index in [-0.39, 0.29) is 5.97 Å². The highest BCUT2D eigenvalue weighted by molar-refractivity contribution is 7.99. The van der Waals surface area contributed by atoms with Crippen molar-refractivity contribution in [1.29, 1.82) is 0 Å². The van der Waals surface area contributed by atoms with Gasteiger partial charge in [-0.2, -0.15) is 0 Å². The number of aryl methyl sites for hydroxylation is 1. The molecule has 0 spiro atoms. The largest absolute Gasteiger partial charge is 0.465 e. The van der Waals surface area contributed by atoms with Crippen molar-refractivity contribution in [3.05, 3.63) is 29.8 Å². The highest BCUT2D eigenvalue weighted by Gasteiger charge is 2.28. The Morgan fingerprint density at radius 1 is 1.37 bits per heavy atom. The lowest BCUT2D eigenvalue weighted by atomic mass is 9.98. The predicted molar refractivity (Wildman–Crippen MR) is 80.4 cm³/mol. The molecule has 19 heavy (non-hydrogen) atoms. The van der Waals surface area contributed by atoms with Gasteiger partial charge >= 0.3 is 5.97 Å². The van der Waals surface area contributed by atoms with Crippen LogP contribution >= 0.6 is 11.8 Å². The molecule has 0 aromatic heterocycles. The van der Waals surface area contributed by atoms with E-state index < -0.39 is 5.54 Å². The van der Waals surface area contributed by atoms with Gasteiger partial charge in [0.05, 0.1) is 6.61 Å². The summed E-state index contributed by atoms with van der Waals surface area (Å²) in [6.07, 6.45) is 1.54. The number of hydrogen-bond acceptors (Lipinski definition) is 4. The molecule has 0 heterocycles. The van der Waals surface area contributed by atoms with Crippen molar-refractivity contribution in [2.24, 2.45) is 5.73 Å². The second-order valence-electron chi connectivity index (χ2n) is 4.90. The first-order valence-corrected chi connectivity index (χ1v) is 7.60. The summed E-state index contributed by atoms with van der Waals surface area (Å²) in [5.41, 5.74) is 6.36. The highest BCUT2D eigenvalue weighted by Crippen LogP contribution is 2.21. The summed E-state index contributed by atoms with van der Waals surface area (Å²) in [4.78, 5) is 12.9. The maximum Gasteiger partial charge on any atom is 0.325 e. The maximum atomic E-state index is 11.6. The number of carbonyl (C=O) groups is 1. The second-order valence-corrected chi connectivity index (χ2v) is 6.07. The van der Waals surface area contributed by atoms with Crippen LogP contribution in [0.2, 0.25) is 0 Å². The number of ether oxygens (including phenoxy) is 1. The van der Waals surface area contributed by atoms with Crippen LogP contribution in [0, 0.1) is 6.92 Å². The van der Waals surface area contributed by atoms with E-state index in [1.54, 1.807) is 25.6 Å². The molecule has 3 nitrogen and oxygen atoms in total. The van der Waals surface area contributed by atoms with Crippen LogP contribution < -0.4 is 5.73 Å². The fraction of sp³-hybridized carbons (Fsp3) is 0.533. The summed E-state index contributed by atoms with van der Waals surface area (Å²) < 4.78 is 4.96. The molecule has 0 amide bonds. The van der Waals surface area contributed by atoms with E-state index in [1.807, 2.05) is 0 Å². The van der Waals surface area contributed by atoms with Crippen molar-refractivity contribution in [2.75, 3.05) is 12.4 Å². The number of thioether (sulfide) groups is 1. The zero-order valence-electron chi connectivity index (χ0n) is 11.9. The van der Waals surface area contributed by atoms with Gasteiger partial charge in [-0.05, 0) is 51.5 Å². The number of rotatable bonds is 7. The third kappa shape index (κ3) is 5.66. The number of benzene rings is 1. The van der Waals surface area contributed by atoms with Crippen LogP contribution in [-0.2, 0) is 9.53 Å². The summed E-state index contributed by atoms with van der Waals surface area (Å²) >= 11 is 1.79. The van der Waals surface area contributed by atoms with E-state index in [0.717, 1.165) is 12.2 Å². The normalized spacial score (nSPS) is 13.9. The first kappa shape index (κ1) is 16.1. The summed E-state index contributed by atoms with van der Waals surface area (Å²) in [5.74, 6) is 0.644. The topological polar surface area (TPSA) is 52.3 Å². The Bertz CT molecular complexity index is 401. The first-order valence-electron chi connectivity index (χ1n) is 6.61. The molecule has 106 valence electrons. The van der Waals surface area contributed by atoms with E-state index >= 15 is 0 Å². The molecule has 1 atom stereocenters. The van der Waals surface area contributed by atoms with Gasteiger partial charge in [0.15, 0.2) is 0 Å². The lowest BCUT2D eigenvalue weighted by molar-refractivity contribution is -0.149. The smallest absolute Gasteiger partial charge is 0.325 e. The number of nitrogens with two attached hydrogens (primary N) is 1. The molecule has 1 unspecified atom stereocenters. The van der Waals surface area contributed by atoms with Gasteiger partial charge < -0.3 is 10.5 Å². The number of carbonyl (C=O) groups excluding carboxylic acids is 1. The van der Waals surface area contributed by atoms with Crippen molar-refractivity contribution in [3.63, 3.8) is 0 Å². The Hall–Kier alpha value is -1.00. The number of esters is 1. The van der Waals surface area contributed by atoms with Crippen LogP contribution in [0.4, 0.5) is 0 Å². The van der Waals surface area contributed by atoms with Crippen molar-refractivity contribution >= 4 is 17.7 Å². The molecule has 0 saturated heterocycles. The number of hydrogen-bond donors (Lipinski definition) is 1. The standard InChI is InChI=1S/C15H23NO2S/c1-4-18-14(17)15(3,16)10-5-11-19-13-8-6-12(2)7-9-13/h6-9H,4-5,10-11,16H2,1-3H3. The molecule has 1 aromatic carbocycles. The van der Waals surface area contributed by atoms with E-state index in [4.69, 9.17) is 10.5 Å². The predicted octanol–water partition coefficient (Wildman–Crippen LogP) is 3.15. The van der Waals surface area contributed by atoms with Gasteiger partial charge in [-0.15, -0.1) is 11.8 Å². The lowest BCUT2D eigenvalue weighted by Gasteiger charge is -2.21. The minimum absolute atomic E-state index is 0.310. The molecule has 0 saturated carbocycles. The molecule has 0 aliphatic carbocycles. The average molecular weight is 281 g/mol. The maximum absolute atomic E-state index is 11.6. The molecule has 4 heteroatoms. The van der Waals surface area contributed by atoms with E-state index in [1.165, 1.54) is 10.5 Å². The first-order chi connectivity index (χ1) is 8.95. The molecular weight excluding hydrogens is 258 g/mol. The van der Waals surface area contributed by atoms with Crippen LogP contribution in [-0.4, -0.2) is 23.9 Å². The van der Waals surface area contributed by atoms with E-state index in [2.05, 4.69) is 31.2 Å². The minimum Gasteiger partial charge on any atom is -0.465 e. The van der Waals surface area contributed by atoms with Gasteiger partial charge in [0.25, 0.3) is 0 Å². The third-order valence-electron chi connectivity index (χ3n) is 2.87. The van der Waals surface area contributed by atoms with Gasteiger partial charge in [-0.3, -0.25) is 4.79 Å². The molecule has 2 N–H and O–H groups in total. The van der Waals surface area contributed by atoms with Crippen molar-refractivity contribution < 1.29 is 9.53 Å². The van der Waals surface area contributed by atoms with Crippen LogP contribution in [0.15, 0.2) is 29.2 Å². The fourth-order valence-corrected chi connectivity index (χ4v) is 2.51. The van der Waals surface area contributed by atoms with Crippen molar-refractivity contribution in [1.82, 2.24) is 0 Å². The quantitative estimate of drug-likeness (QED) is 0.474. The molecule has 1 rings (SSSR count). The molecule has 1 aromatic rings. The Balaban J connectivity index is 2.30. The van der Waals surface area contributed by atoms with Crippen LogP contribution in [0.3, 0.4) is 0 Å². The Kier molecular flexibility index (Phi) is 6.38. The summed E-state index contributed by atoms with van der Waals surface area (Å²) in [6, 6.07) is 8.45. The molecule has 0 radical (unpaired) electrons. The lowest BCUT2D eigenvalue weighted by Crippen LogP contribution is -2.46. The molecule has 0 fully saturated rings. The minimum atomic E-state index is -0.871. The van der Waals surface area contributed by atoms with Gasteiger partial charge in [0, 0.05) is 4.90 Å². The zero-order chi connectivity index (χ0) is 14.3. The van der Waals surface area contributed by atoms with Crippen LogP contribution in [0.1, 0.15) is 32.3 Å². The van der Waals surface area contributed by atoms with Crippen LogP contribution in [0.25, 0.3) is 0 Å². The van der Waals surface area contributed by atoms with Crippen molar-refractivity contribution in [3.8, 4) is 0 Å². The van der Waals surface area contributed by atoms with E-state index in [9.17, 15) is 4.79 Å². The van der Waals surface area contributed by atoms with Crippen molar-refractivity contribution in [2.45, 2.75) is 44.0 Å². The molecule has 0 bridgehead atoms. The highest BCUT2D eigenvalue weighted by atomic mass is 32.2. The Morgan fingerprint density at radius 3 is 2.58 bits per heavy atom. The average Bonchev–Trinajstić information content (AvgIpc) is 2.37. The van der Waals surface area contributed by atoms with E-state index in [0.29, 0.717) is 13.0 Å². The van der Waals surface area contributed by atoms with Crippen LogP contribution in [0.5, 0.6) is 0 Å². The summed E-state index contributed by atoms with van der Waals surface area (Å²) in [6.45, 7) is 5.99.